The minimum Gasteiger partial charge on any atom is -0.481 e. The van der Waals surface area contributed by atoms with Crippen molar-refractivity contribution in [3.05, 3.63) is 0 Å². The Labute approximate surface area is 111 Å². The molecule has 102 valence electrons. The van der Waals surface area contributed by atoms with E-state index in [9.17, 15) is 9.90 Å². The summed E-state index contributed by atoms with van der Waals surface area (Å²) in [6, 6.07) is 0. The van der Waals surface area contributed by atoms with Crippen LogP contribution in [0.5, 0.6) is 0 Å². The summed E-state index contributed by atoms with van der Waals surface area (Å²) in [6.07, 6.45) is 3.71. The van der Waals surface area contributed by atoms with Crippen LogP contribution in [-0.4, -0.2) is 45.5 Å². The zero-order valence-electron chi connectivity index (χ0n) is 10.4. The molecule has 0 aromatic carbocycles. The molecule has 5 heteroatoms. The molecule has 3 fully saturated rings. The van der Waals surface area contributed by atoms with Crippen LogP contribution in [0.15, 0.2) is 0 Å². The van der Waals surface area contributed by atoms with E-state index in [0.717, 1.165) is 30.8 Å². The molecule has 3 rings (SSSR count). The monoisotopic (exact) mass is 272 g/mol. The number of carbonyl (C=O) groups is 1. The van der Waals surface area contributed by atoms with E-state index in [-0.39, 0.29) is 17.4 Å². The van der Waals surface area contributed by atoms with E-state index < -0.39 is 11.6 Å². The Bertz CT molecular complexity index is 345. The van der Waals surface area contributed by atoms with Crippen molar-refractivity contribution in [2.24, 2.45) is 11.8 Å². The molecule has 0 amide bonds. The molecule has 1 saturated carbocycles. The Kier molecular flexibility index (Phi) is 3.11. The molecule has 0 aromatic rings. The van der Waals surface area contributed by atoms with Crippen LogP contribution in [0, 0.1) is 11.8 Å². The normalized spacial score (nSPS) is 48.1. The highest BCUT2D eigenvalue weighted by molar-refractivity contribution is 7.99. The van der Waals surface area contributed by atoms with Crippen LogP contribution in [-0.2, 0) is 9.53 Å². The van der Waals surface area contributed by atoms with Gasteiger partial charge in [-0.05, 0) is 43.8 Å². The number of ether oxygens (including phenoxy) is 1. The number of aliphatic carboxylic acids is 1. The maximum absolute atomic E-state index is 10.9. The van der Waals surface area contributed by atoms with Crippen molar-refractivity contribution in [3.63, 3.8) is 0 Å². The van der Waals surface area contributed by atoms with E-state index in [1.165, 1.54) is 0 Å². The molecule has 2 N–H and O–H groups in total. The molecule has 2 heterocycles. The van der Waals surface area contributed by atoms with Gasteiger partial charge < -0.3 is 14.9 Å². The van der Waals surface area contributed by atoms with E-state index >= 15 is 0 Å². The predicted octanol–water partition coefficient (Wildman–Crippen LogP) is 1.51. The highest BCUT2D eigenvalue weighted by atomic mass is 32.2. The van der Waals surface area contributed by atoms with Crippen molar-refractivity contribution in [2.45, 2.75) is 43.3 Å². The van der Waals surface area contributed by atoms with Gasteiger partial charge in [-0.1, -0.05) is 0 Å². The number of rotatable bonds is 2. The van der Waals surface area contributed by atoms with Gasteiger partial charge in [-0.2, -0.15) is 11.8 Å². The van der Waals surface area contributed by atoms with Crippen LogP contribution < -0.4 is 0 Å². The number of aliphatic hydroxyl groups is 1. The third kappa shape index (κ3) is 2.06. The molecule has 1 aliphatic carbocycles. The molecule has 2 atom stereocenters. The molecule has 2 aliphatic heterocycles. The average molecular weight is 272 g/mol. The van der Waals surface area contributed by atoms with Gasteiger partial charge in [-0.15, -0.1) is 0 Å². The van der Waals surface area contributed by atoms with E-state index in [4.69, 9.17) is 9.84 Å². The second kappa shape index (κ2) is 4.39. The van der Waals surface area contributed by atoms with Gasteiger partial charge in [0.05, 0.1) is 17.1 Å². The van der Waals surface area contributed by atoms with Crippen molar-refractivity contribution >= 4 is 17.7 Å². The summed E-state index contributed by atoms with van der Waals surface area (Å²) in [7, 11) is 0. The van der Waals surface area contributed by atoms with Gasteiger partial charge >= 0.3 is 5.97 Å². The maximum Gasteiger partial charge on any atom is 0.306 e. The minimum atomic E-state index is -0.766. The lowest BCUT2D eigenvalue weighted by Crippen LogP contribution is -2.56. The average Bonchev–Trinajstić information content (AvgIpc) is 2.73. The zero-order chi connectivity index (χ0) is 12.8. The van der Waals surface area contributed by atoms with E-state index in [2.05, 4.69) is 0 Å². The molecule has 4 nitrogen and oxygen atoms in total. The second-order valence-corrected chi connectivity index (χ2v) is 7.18. The maximum atomic E-state index is 10.9. The Morgan fingerprint density at radius 3 is 2.72 bits per heavy atom. The lowest BCUT2D eigenvalue weighted by atomic mass is 9.61. The standard InChI is InChI=1S/C13H20O4S/c14-11(15)9-5-13(16,6-9)10-1-3-17-12(7-10)2-4-18-8-12/h9-10,16H,1-8H2,(H,14,15). The number of thioether (sulfide) groups is 1. The first-order valence-electron chi connectivity index (χ1n) is 6.70. The summed E-state index contributed by atoms with van der Waals surface area (Å²) in [5, 5.41) is 19.5. The molecule has 18 heavy (non-hydrogen) atoms. The third-order valence-electron chi connectivity index (χ3n) is 4.87. The summed E-state index contributed by atoms with van der Waals surface area (Å²) >= 11 is 1.92. The Morgan fingerprint density at radius 1 is 1.33 bits per heavy atom. The highest BCUT2D eigenvalue weighted by Crippen LogP contribution is 2.51. The topological polar surface area (TPSA) is 66.8 Å². The van der Waals surface area contributed by atoms with E-state index in [0.29, 0.717) is 19.4 Å². The molecular formula is C13H20O4S. The van der Waals surface area contributed by atoms with Crippen LogP contribution in [0.4, 0.5) is 0 Å². The quantitative estimate of drug-likeness (QED) is 0.797. The second-order valence-electron chi connectivity index (χ2n) is 6.07. The Hall–Kier alpha value is -0.260. The number of hydrogen-bond donors (Lipinski definition) is 2. The third-order valence-corrected chi connectivity index (χ3v) is 6.09. The zero-order valence-corrected chi connectivity index (χ0v) is 11.2. The molecule has 0 bridgehead atoms. The molecule has 1 spiro atoms. The number of hydrogen-bond acceptors (Lipinski definition) is 4. The van der Waals surface area contributed by atoms with Crippen molar-refractivity contribution in [1.29, 1.82) is 0 Å². The van der Waals surface area contributed by atoms with Gasteiger partial charge in [-0.3, -0.25) is 4.79 Å². The predicted molar refractivity (Wildman–Crippen MR) is 68.7 cm³/mol. The SMILES string of the molecule is O=C(O)C1CC(O)(C2CCOC3(CCSC3)C2)C1. The number of carboxylic acid groups (broad SMARTS) is 1. The first-order valence-corrected chi connectivity index (χ1v) is 7.85. The van der Waals surface area contributed by atoms with E-state index in [1.807, 2.05) is 11.8 Å². The van der Waals surface area contributed by atoms with Crippen molar-refractivity contribution in [3.8, 4) is 0 Å². The molecule has 0 radical (unpaired) electrons. The summed E-state index contributed by atoms with van der Waals surface area (Å²) in [5.74, 6) is 1.29. The van der Waals surface area contributed by atoms with Crippen LogP contribution in [0.2, 0.25) is 0 Å². The molecule has 0 aromatic heterocycles. The largest absolute Gasteiger partial charge is 0.481 e. The van der Waals surface area contributed by atoms with E-state index in [1.54, 1.807) is 0 Å². The fourth-order valence-corrected chi connectivity index (χ4v) is 5.03. The fraction of sp³-hybridized carbons (Fsp3) is 0.923. The van der Waals surface area contributed by atoms with Crippen LogP contribution in [0.1, 0.15) is 32.1 Å². The van der Waals surface area contributed by atoms with Gasteiger partial charge in [-0.25, -0.2) is 0 Å². The summed E-state index contributed by atoms with van der Waals surface area (Å²) in [6.45, 7) is 0.714. The summed E-state index contributed by atoms with van der Waals surface area (Å²) in [4.78, 5) is 10.9. The fourth-order valence-electron chi connectivity index (χ4n) is 3.65. The summed E-state index contributed by atoms with van der Waals surface area (Å²) in [5.41, 5.74) is -0.773. The summed E-state index contributed by atoms with van der Waals surface area (Å²) < 4.78 is 5.95. The smallest absolute Gasteiger partial charge is 0.306 e. The van der Waals surface area contributed by atoms with Crippen LogP contribution >= 0.6 is 11.8 Å². The first kappa shape index (κ1) is 12.8. The van der Waals surface area contributed by atoms with Crippen molar-refractivity contribution in [1.82, 2.24) is 0 Å². The van der Waals surface area contributed by atoms with Gasteiger partial charge in [0.15, 0.2) is 0 Å². The first-order chi connectivity index (χ1) is 8.53. The lowest BCUT2D eigenvalue weighted by Gasteiger charge is -2.51. The Morgan fingerprint density at radius 2 is 2.11 bits per heavy atom. The molecular weight excluding hydrogens is 252 g/mol. The van der Waals surface area contributed by atoms with Gasteiger partial charge in [0, 0.05) is 12.4 Å². The van der Waals surface area contributed by atoms with Crippen molar-refractivity contribution in [2.75, 3.05) is 18.1 Å². The molecule has 3 aliphatic rings. The number of carboxylic acids is 1. The minimum absolute atomic E-state index is 0.0301. The lowest BCUT2D eigenvalue weighted by molar-refractivity contribution is -0.187. The van der Waals surface area contributed by atoms with Crippen LogP contribution in [0.3, 0.4) is 0 Å². The van der Waals surface area contributed by atoms with Crippen molar-refractivity contribution < 1.29 is 19.7 Å². The highest BCUT2D eigenvalue weighted by Gasteiger charge is 2.54. The molecule has 2 unspecified atom stereocenters. The molecule has 2 saturated heterocycles. The van der Waals surface area contributed by atoms with Gasteiger partial charge in [0.1, 0.15) is 0 Å². The van der Waals surface area contributed by atoms with Gasteiger partial charge in [0.25, 0.3) is 0 Å². The Balaban J connectivity index is 1.64. The van der Waals surface area contributed by atoms with Crippen LogP contribution in [0.25, 0.3) is 0 Å². The van der Waals surface area contributed by atoms with Gasteiger partial charge in [0.2, 0.25) is 0 Å².